The van der Waals surface area contributed by atoms with E-state index in [0.29, 0.717) is 43.1 Å². The van der Waals surface area contributed by atoms with E-state index in [1.165, 1.54) is 0 Å². The van der Waals surface area contributed by atoms with E-state index in [1.807, 2.05) is 30.3 Å². The molecule has 31 heavy (non-hydrogen) atoms. The van der Waals surface area contributed by atoms with Crippen molar-refractivity contribution in [2.45, 2.75) is 33.1 Å². The molecule has 2 amide bonds. The minimum Gasteiger partial charge on any atom is -0.507 e. The van der Waals surface area contributed by atoms with Gasteiger partial charge in [-0.2, -0.15) is 0 Å². The SMILES string of the molecule is CC(C)CN1CCCCNC(=O)c2cccc(c2)-c2cc(ccc2O)CCNC(=O)C1. The predicted molar refractivity (Wildman–Crippen MR) is 123 cm³/mol. The van der Waals surface area contributed by atoms with E-state index < -0.39 is 0 Å². The second kappa shape index (κ2) is 11.0. The van der Waals surface area contributed by atoms with Crippen LogP contribution in [0.4, 0.5) is 0 Å². The van der Waals surface area contributed by atoms with E-state index in [9.17, 15) is 14.7 Å². The third-order valence-electron chi connectivity index (χ3n) is 5.41. The number of carbonyl (C=O) groups excluding carboxylic acids is 2. The molecule has 0 radical (unpaired) electrons. The zero-order valence-electron chi connectivity index (χ0n) is 18.5. The van der Waals surface area contributed by atoms with Crippen LogP contribution in [0.25, 0.3) is 11.1 Å². The van der Waals surface area contributed by atoms with Crippen LogP contribution in [0.2, 0.25) is 0 Å². The lowest BCUT2D eigenvalue weighted by Crippen LogP contribution is -2.40. The standard InChI is InChI=1S/C25H33N3O3/c1-18(2)16-28-13-4-3-11-27-25(31)21-7-5-6-20(15-21)22-14-19(8-9-23(22)29)10-12-26-24(30)17-28/h5-9,14-15,18,29H,3-4,10-13,16-17H2,1-2H3,(H,26,30)(H,27,31). The van der Waals surface area contributed by atoms with Crippen LogP contribution in [0.15, 0.2) is 42.5 Å². The van der Waals surface area contributed by atoms with Crippen molar-refractivity contribution in [1.29, 1.82) is 0 Å². The number of hydrogen-bond donors (Lipinski definition) is 3. The molecular formula is C25H33N3O3. The van der Waals surface area contributed by atoms with Crippen molar-refractivity contribution in [1.82, 2.24) is 15.5 Å². The Hall–Kier alpha value is -2.86. The lowest BCUT2D eigenvalue weighted by Gasteiger charge is -2.23. The Labute approximate surface area is 184 Å². The molecule has 0 spiro atoms. The topological polar surface area (TPSA) is 81.7 Å². The van der Waals surface area contributed by atoms with Gasteiger partial charge in [0.2, 0.25) is 5.91 Å². The summed E-state index contributed by atoms with van der Waals surface area (Å²) >= 11 is 0. The van der Waals surface area contributed by atoms with E-state index in [-0.39, 0.29) is 17.6 Å². The largest absolute Gasteiger partial charge is 0.507 e. The highest BCUT2D eigenvalue weighted by Gasteiger charge is 2.14. The van der Waals surface area contributed by atoms with Crippen LogP contribution in [0.3, 0.4) is 0 Å². The maximum Gasteiger partial charge on any atom is 0.251 e. The van der Waals surface area contributed by atoms with Crippen LogP contribution >= 0.6 is 0 Å². The number of fused-ring (bicyclic) bond motifs is 5. The Kier molecular flexibility index (Phi) is 8.06. The second-order valence-corrected chi connectivity index (χ2v) is 8.62. The van der Waals surface area contributed by atoms with Crippen LogP contribution in [-0.2, 0) is 11.2 Å². The molecule has 3 N–H and O–H groups in total. The summed E-state index contributed by atoms with van der Waals surface area (Å²) in [6, 6.07) is 12.8. The number of phenolic OH excluding ortho intramolecular Hbond substituents is 1. The molecule has 2 aromatic rings. The third kappa shape index (κ3) is 6.82. The third-order valence-corrected chi connectivity index (χ3v) is 5.41. The Morgan fingerprint density at radius 3 is 2.61 bits per heavy atom. The molecule has 1 heterocycles. The maximum absolute atomic E-state index is 12.6. The van der Waals surface area contributed by atoms with Gasteiger partial charge in [-0.15, -0.1) is 0 Å². The summed E-state index contributed by atoms with van der Waals surface area (Å²) in [6.45, 7) is 7.52. The fraction of sp³-hybridized carbons (Fsp3) is 0.440. The van der Waals surface area contributed by atoms with Crippen molar-refractivity contribution in [2.24, 2.45) is 5.92 Å². The summed E-state index contributed by atoms with van der Waals surface area (Å²) in [5.41, 5.74) is 3.07. The molecule has 0 saturated carbocycles. The Morgan fingerprint density at radius 1 is 1.00 bits per heavy atom. The first-order valence-corrected chi connectivity index (χ1v) is 11.1. The van der Waals surface area contributed by atoms with Gasteiger partial charge in [-0.05, 0) is 67.1 Å². The van der Waals surface area contributed by atoms with Crippen LogP contribution in [0.1, 0.15) is 42.6 Å². The number of nitrogens with zero attached hydrogens (tertiary/aromatic N) is 1. The summed E-state index contributed by atoms with van der Waals surface area (Å²) in [5.74, 6) is 0.566. The summed E-state index contributed by atoms with van der Waals surface area (Å²) in [7, 11) is 0. The summed E-state index contributed by atoms with van der Waals surface area (Å²) in [5, 5.41) is 16.4. The molecule has 2 aromatic carbocycles. The van der Waals surface area contributed by atoms with Gasteiger partial charge in [0.15, 0.2) is 0 Å². The number of benzene rings is 2. The Morgan fingerprint density at radius 2 is 1.81 bits per heavy atom. The molecule has 0 saturated heterocycles. The smallest absolute Gasteiger partial charge is 0.251 e. The fourth-order valence-electron chi connectivity index (χ4n) is 3.92. The maximum atomic E-state index is 12.6. The molecule has 0 fully saturated rings. The van der Waals surface area contributed by atoms with Gasteiger partial charge in [-0.1, -0.05) is 32.0 Å². The second-order valence-electron chi connectivity index (χ2n) is 8.62. The predicted octanol–water partition coefficient (Wildman–Crippen LogP) is 3.20. The van der Waals surface area contributed by atoms with Crippen molar-refractivity contribution >= 4 is 11.8 Å². The molecule has 6 nitrogen and oxygen atoms in total. The Bertz CT molecular complexity index is 911. The average Bonchev–Trinajstić information content (AvgIpc) is 2.73. The quantitative estimate of drug-likeness (QED) is 0.693. The van der Waals surface area contributed by atoms with Gasteiger partial charge in [-0.3, -0.25) is 14.5 Å². The zero-order chi connectivity index (χ0) is 22.2. The minimum absolute atomic E-state index is 0.0294. The highest BCUT2D eigenvalue weighted by Crippen LogP contribution is 2.30. The zero-order valence-corrected chi connectivity index (χ0v) is 18.5. The molecule has 0 atom stereocenters. The van der Waals surface area contributed by atoms with Crippen molar-refractivity contribution in [3.63, 3.8) is 0 Å². The lowest BCUT2D eigenvalue weighted by molar-refractivity contribution is -0.122. The Balaban J connectivity index is 1.82. The number of hydrogen-bond acceptors (Lipinski definition) is 4. The monoisotopic (exact) mass is 423 g/mol. The van der Waals surface area contributed by atoms with Crippen LogP contribution < -0.4 is 10.6 Å². The summed E-state index contributed by atoms with van der Waals surface area (Å²) in [4.78, 5) is 27.2. The van der Waals surface area contributed by atoms with Gasteiger partial charge in [0.25, 0.3) is 5.91 Å². The molecule has 6 heteroatoms. The van der Waals surface area contributed by atoms with E-state index in [1.54, 1.807) is 12.1 Å². The first-order chi connectivity index (χ1) is 14.9. The van der Waals surface area contributed by atoms with E-state index in [0.717, 1.165) is 37.1 Å². The fourth-order valence-corrected chi connectivity index (χ4v) is 3.92. The molecule has 0 aromatic heterocycles. The van der Waals surface area contributed by atoms with Crippen molar-refractivity contribution < 1.29 is 14.7 Å². The number of carbonyl (C=O) groups is 2. The number of nitrogens with one attached hydrogen (secondary N) is 2. The lowest BCUT2D eigenvalue weighted by atomic mass is 9.98. The molecule has 166 valence electrons. The van der Waals surface area contributed by atoms with Crippen LogP contribution in [-0.4, -0.2) is 54.5 Å². The minimum atomic E-state index is -0.114. The molecule has 4 bridgehead atoms. The first kappa shape index (κ1) is 22.8. The normalized spacial score (nSPS) is 16.9. The molecule has 0 unspecified atom stereocenters. The highest BCUT2D eigenvalue weighted by atomic mass is 16.3. The van der Waals surface area contributed by atoms with Gasteiger partial charge < -0.3 is 15.7 Å². The van der Waals surface area contributed by atoms with Gasteiger partial charge in [0.05, 0.1) is 6.54 Å². The molecule has 3 rings (SSSR count). The molecule has 0 aliphatic carbocycles. The van der Waals surface area contributed by atoms with Crippen LogP contribution in [0, 0.1) is 5.92 Å². The first-order valence-electron chi connectivity index (χ1n) is 11.1. The van der Waals surface area contributed by atoms with Crippen molar-refractivity contribution in [3.05, 3.63) is 53.6 Å². The highest BCUT2D eigenvalue weighted by molar-refractivity contribution is 5.95. The average molecular weight is 424 g/mol. The summed E-state index contributed by atoms with van der Waals surface area (Å²) < 4.78 is 0. The van der Waals surface area contributed by atoms with Gasteiger partial charge in [0, 0.05) is 30.8 Å². The molecule has 1 aliphatic rings. The number of phenols is 1. The molecule has 1 aliphatic heterocycles. The number of amides is 2. The van der Waals surface area contributed by atoms with Crippen LogP contribution in [0.5, 0.6) is 5.75 Å². The van der Waals surface area contributed by atoms with E-state index >= 15 is 0 Å². The van der Waals surface area contributed by atoms with E-state index in [2.05, 4.69) is 29.4 Å². The molecular weight excluding hydrogens is 390 g/mol. The van der Waals surface area contributed by atoms with E-state index in [4.69, 9.17) is 0 Å². The number of rotatable bonds is 2. The van der Waals surface area contributed by atoms with Gasteiger partial charge in [-0.25, -0.2) is 0 Å². The van der Waals surface area contributed by atoms with Gasteiger partial charge >= 0.3 is 0 Å². The number of aromatic hydroxyl groups is 1. The summed E-state index contributed by atoms with van der Waals surface area (Å²) in [6.07, 6.45) is 2.44. The van der Waals surface area contributed by atoms with Crippen molar-refractivity contribution in [2.75, 3.05) is 32.7 Å². The van der Waals surface area contributed by atoms with Gasteiger partial charge in [0.1, 0.15) is 5.75 Å². The van der Waals surface area contributed by atoms with Crippen molar-refractivity contribution in [3.8, 4) is 16.9 Å².